The van der Waals surface area contributed by atoms with Crippen LogP contribution in [0.5, 0.6) is 0 Å². The van der Waals surface area contributed by atoms with Gasteiger partial charge in [-0.15, -0.1) is 0 Å². The first-order valence-electron chi connectivity index (χ1n) is 8.00. The normalized spacial score (nSPS) is 17.8. The molecule has 2 aromatic carbocycles. The molecule has 1 unspecified atom stereocenters. The van der Waals surface area contributed by atoms with E-state index >= 15 is 0 Å². The van der Waals surface area contributed by atoms with E-state index in [2.05, 4.69) is 10.6 Å². The number of quaternary nitrogens is 1. The predicted molar refractivity (Wildman–Crippen MR) is 90.9 cm³/mol. The molecule has 1 saturated heterocycles. The zero-order valence-corrected chi connectivity index (χ0v) is 13.1. The zero-order chi connectivity index (χ0) is 16.5. The molecule has 1 aliphatic rings. The Balaban J connectivity index is 1.52. The van der Waals surface area contributed by atoms with Crippen LogP contribution in [0.15, 0.2) is 46.9 Å². The molecule has 3 aromatic rings. The van der Waals surface area contributed by atoms with Crippen molar-refractivity contribution in [3.05, 3.63) is 42.5 Å². The van der Waals surface area contributed by atoms with Crippen molar-refractivity contribution < 1.29 is 18.9 Å². The van der Waals surface area contributed by atoms with E-state index in [0.29, 0.717) is 13.1 Å². The lowest BCUT2D eigenvalue weighted by atomic mass is 10.1. The molecule has 2 heterocycles. The van der Waals surface area contributed by atoms with Crippen LogP contribution in [0.2, 0.25) is 0 Å². The zero-order valence-electron chi connectivity index (χ0n) is 13.1. The lowest BCUT2D eigenvalue weighted by molar-refractivity contribution is -0.885. The summed E-state index contributed by atoms with van der Waals surface area (Å²) in [6, 6.07) is 13.5. The molecular formula is C18H18N3O3+. The largest absolute Gasteiger partial charge is 0.456 e. The van der Waals surface area contributed by atoms with Crippen LogP contribution in [0.3, 0.4) is 0 Å². The van der Waals surface area contributed by atoms with Crippen LogP contribution in [-0.2, 0) is 9.59 Å². The van der Waals surface area contributed by atoms with E-state index in [0.717, 1.165) is 39.1 Å². The van der Waals surface area contributed by atoms with E-state index < -0.39 is 0 Å². The Morgan fingerprint density at radius 1 is 1.17 bits per heavy atom. The number of rotatable bonds is 3. The van der Waals surface area contributed by atoms with Gasteiger partial charge in [0.2, 0.25) is 0 Å². The molecule has 0 saturated carbocycles. The first-order valence-corrected chi connectivity index (χ1v) is 8.00. The van der Waals surface area contributed by atoms with Crippen LogP contribution in [0, 0.1) is 0 Å². The van der Waals surface area contributed by atoms with Gasteiger partial charge in [-0.1, -0.05) is 18.2 Å². The standard InChI is InChI=1S/C18H17N3O3/c22-17-10-21(8-7-19-17)11-18(23)20-12-5-6-16-14(9-12)13-3-1-2-4-15(13)24-16/h1-6,9H,7-8,10-11H2,(H,19,22)(H,20,23)/p+1. The Bertz CT molecular complexity index is 932. The number of hydrogen-bond donors (Lipinski definition) is 3. The summed E-state index contributed by atoms with van der Waals surface area (Å²) >= 11 is 0. The summed E-state index contributed by atoms with van der Waals surface area (Å²) in [4.78, 5) is 24.6. The third-order valence-electron chi connectivity index (χ3n) is 4.28. The molecule has 6 nitrogen and oxygen atoms in total. The van der Waals surface area contributed by atoms with Gasteiger partial charge in [0.05, 0.1) is 13.1 Å². The summed E-state index contributed by atoms with van der Waals surface area (Å²) in [7, 11) is 0. The molecule has 0 aliphatic carbocycles. The highest BCUT2D eigenvalue weighted by Crippen LogP contribution is 2.30. The Labute approximate surface area is 138 Å². The fourth-order valence-electron chi connectivity index (χ4n) is 3.14. The first-order chi connectivity index (χ1) is 11.7. The average Bonchev–Trinajstić information content (AvgIpc) is 2.93. The highest BCUT2D eigenvalue weighted by Gasteiger charge is 2.22. The maximum atomic E-state index is 12.2. The molecule has 1 aliphatic heterocycles. The Kier molecular flexibility index (Phi) is 3.66. The van der Waals surface area contributed by atoms with Gasteiger partial charge < -0.3 is 20.0 Å². The van der Waals surface area contributed by atoms with Crippen LogP contribution in [-0.4, -0.2) is 38.0 Å². The number of amides is 2. The van der Waals surface area contributed by atoms with Crippen molar-refractivity contribution in [2.45, 2.75) is 0 Å². The van der Waals surface area contributed by atoms with E-state index in [-0.39, 0.29) is 18.4 Å². The number of hydrogen-bond acceptors (Lipinski definition) is 3. The van der Waals surface area contributed by atoms with Crippen LogP contribution in [0.4, 0.5) is 5.69 Å². The van der Waals surface area contributed by atoms with Crippen molar-refractivity contribution in [3.63, 3.8) is 0 Å². The molecule has 1 aromatic heterocycles. The summed E-state index contributed by atoms with van der Waals surface area (Å²) in [5, 5.41) is 7.69. The summed E-state index contributed by atoms with van der Waals surface area (Å²) < 4.78 is 5.78. The van der Waals surface area contributed by atoms with Gasteiger partial charge in [0.15, 0.2) is 13.1 Å². The summed E-state index contributed by atoms with van der Waals surface area (Å²) in [5.74, 6) is -0.0952. The van der Waals surface area contributed by atoms with Crippen LogP contribution in [0.25, 0.3) is 21.9 Å². The van der Waals surface area contributed by atoms with Crippen molar-refractivity contribution in [1.29, 1.82) is 0 Å². The van der Waals surface area contributed by atoms with E-state index in [4.69, 9.17) is 4.42 Å². The quantitative estimate of drug-likeness (QED) is 0.658. The molecule has 122 valence electrons. The van der Waals surface area contributed by atoms with Crippen molar-refractivity contribution in [2.75, 3.05) is 31.5 Å². The third kappa shape index (κ3) is 2.83. The minimum Gasteiger partial charge on any atom is -0.456 e. The molecule has 6 heteroatoms. The molecule has 1 atom stereocenters. The second kappa shape index (κ2) is 5.98. The van der Waals surface area contributed by atoms with Crippen LogP contribution in [0.1, 0.15) is 0 Å². The van der Waals surface area contributed by atoms with E-state index in [1.807, 2.05) is 42.5 Å². The lowest BCUT2D eigenvalue weighted by Gasteiger charge is -2.22. The molecule has 3 N–H and O–H groups in total. The van der Waals surface area contributed by atoms with Crippen LogP contribution >= 0.6 is 0 Å². The third-order valence-corrected chi connectivity index (χ3v) is 4.28. The fraction of sp³-hybridized carbons (Fsp3) is 0.222. The highest BCUT2D eigenvalue weighted by atomic mass is 16.3. The molecule has 24 heavy (non-hydrogen) atoms. The maximum absolute atomic E-state index is 12.2. The Morgan fingerprint density at radius 2 is 2.00 bits per heavy atom. The molecule has 4 rings (SSSR count). The molecule has 0 bridgehead atoms. The molecule has 1 fully saturated rings. The topological polar surface area (TPSA) is 75.8 Å². The van der Waals surface area contributed by atoms with Crippen molar-refractivity contribution >= 4 is 39.4 Å². The van der Waals surface area contributed by atoms with Crippen molar-refractivity contribution in [2.24, 2.45) is 0 Å². The fourth-order valence-corrected chi connectivity index (χ4v) is 3.14. The lowest BCUT2D eigenvalue weighted by Crippen LogP contribution is -3.16. The summed E-state index contributed by atoms with van der Waals surface area (Å²) in [6.45, 7) is 2.02. The SMILES string of the molecule is O=C1C[NH+](CC(=O)Nc2ccc3oc4ccccc4c3c2)CCN1. The van der Waals surface area contributed by atoms with Gasteiger partial charge >= 0.3 is 0 Å². The second-order valence-electron chi connectivity index (χ2n) is 6.06. The number of benzene rings is 2. The molecule has 0 radical (unpaired) electrons. The van der Waals surface area contributed by atoms with Gasteiger partial charge in [-0.25, -0.2) is 0 Å². The molecule has 0 spiro atoms. The second-order valence-corrected chi connectivity index (χ2v) is 6.06. The molecular weight excluding hydrogens is 306 g/mol. The number of carbonyl (C=O) groups is 2. The monoisotopic (exact) mass is 324 g/mol. The summed E-state index contributed by atoms with van der Waals surface area (Å²) in [5.41, 5.74) is 2.37. The summed E-state index contributed by atoms with van der Waals surface area (Å²) in [6.07, 6.45) is 0. The minimum atomic E-state index is -0.0909. The number of carbonyl (C=O) groups excluding carboxylic acids is 2. The van der Waals surface area contributed by atoms with Crippen molar-refractivity contribution in [3.8, 4) is 0 Å². The Morgan fingerprint density at radius 3 is 2.88 bits per heavy atom. The highest BCUT2D eigenvalue weighted by molar-refractivity contribution is 6.06. The van der Waals surface area contributed by atoms with Gasteiger partial charge in [-0.05, 0) is 24.3 Å². The molecule has 2 amide bonds. The number of furan rings is 1. The van der Waals surface area contributed by atoms with Gasteiger partial charge in [0, 0.05) is 16.5 Å². The smallest absolute Gasteiger partial charge is 0.279 e. The predicted octanol–water partition coefficient (Wildman–Crippen LogP) is 0.539. The first kappa shape index (κ1) is 14.7. The number of nitrogens with one attached hydrogen (secondary N) is 3. The van der Waals surface area contributed by atoms with Gasteiger partial charge in [0.25, 0.3) is 11.8 Å². The van der Waals surface area contributed by atoms with E-state index in [9.17, 15) is 9.59 Å². The number of piperazine rings is 1. The van der Waals surface area contributed by atoms with E-state index in [1.165, 1.54) is 0 Å². The Hall–Kier alpha value is -2.86. The average molecular weight is 324 g/mol. The van der Waals surface area contributed by atoms with Gasteiger partial charge in [-0.3, -0.25) is 9.59 Å². The van der Waals surface area contributed by atoms with Crippen molar-refractivity contribution in [1.82, 2.24) is 5.32 Å². The minimum absolute atomic E-state index is 0.00432. The van der Waals surface area contributed by atoms with Gasteiger partial charge in [-0.2, -0.15) is 0 Å². The number of anilines is 1. The van der Waals surface area contributed by atoms with E-state index in [1.54, 1.807) is 0 Å². The van der Waals surface area contributed by atoms with Gasteiger partial charge in [0.1, 0.15) is 11.2 Å². The maximum Gasteiger partial charge on any atom is 0.279 e. The number of fused-ring (bicyclic) bond motifs is 3. The van der Waals surface area contributed by atoms with Crippen LogP contribution < -0.4 is 15.5 Å². The number of para-hydroxylation sites is 1.